The number of thiophene rings is 1. The number of hydrogen-bond acceptors (Lipinski definition) is 2. The average Bonchev–Trinajstić information content (AvgIpc) is 2.76. The van der Waals surface area contributed by atoms with E-state index in [2.05, 4.69) is 21.2 Å². The van der Waals surface area contributed by atoms with Crippen molar-refractivity contribution in [3.05, 3.63) is 50.4 Å². The number of anilines is 1. The van der Waals surface area contributed by atoms with Crippen molar-refractivity contribution in [1.82, 2.24) is 0 Å². The van der Waals surface area contributed by atoms with Gasteiger partial charge in [0.25, 0.3) is 0 Å². The SMILES string of the molecule is CC(Nc1ccc(F)c(F)c1F)c1sccc1Br. The second-order valence-electron chi connectivity index (χ2n) is 3.72. The Morgan fingerprint density at radius 1 is 1.17 bits per heavy atom. The van der Waals surface area contributed by atoms with Gasteiger partial charge in [0.05, 0.1) is 11.7 Å². The summed E-state index contributed by atoms with van der Waals surface area (Å²) in [6.45, 7) is 1.82. The van der Waals surface area contributed by atoms with Gasteiger partial charge in [0.1, 0.15) is 0 Å². The summed E-state index contributed by atoms with van der Waals surface area (Å²) in [5.41, 5.74) is -0.0540. The fourth-order valence-electron chi connectivity index (χ4n) is 1.55. The summed E-state index contributed by atoms with van der Waals surface area (Å²) in [4.78, 5) is 0.958. The molecule has 0 aliphatic rings. The van der Waals surface area contributed by atoms with Gasteiger partial charge in [0.15, 0.2) is 17.5 Å². The molecule has 1 aromatic carbocycles. The lowest BCUT2D eigenvalue weighted by Crippen LogP contribution is -2.08. The lowest BCUT2D eigenvalue weighted by atomic mass is 10.2. The first-order valence-corrected chi connectivity index (χ1v) is 6.81. The van der Waals surface area contributed by atoms with Gasteiger partial charge in [0.2, 0.25) is 0 Å². The summed E-state index contributed by atoms with van der Waals surface area (Å²) in [5.74, 6) is -3.85. The van der Waals surface area contributed by atoms with Crippen molar-refractivity contribution < 1.29 is 13.2 Å². The van der Waals surface area contributed by atoms with E-state index in [-0.39, 0.29) is 11.7 Å². The zero-order valence-corrected chi connectivity index (χ0v) is 11.7. The standard InChI is InChI=1S/C12H9BrF3NS/c1-6(12-7(13)4-5-18-12)17-9-3-2-8(14)10(15)11(9)16/h2-6,17H,1H3. The Labute approximate surface area is 115 Å². The molecular weight excluding hydrogens is 327 g/mol. The van der Waals surface area contributed by atoms with Crippen LogP contribution in [0, 0.1) is 17.5 Å². The Kier molecular flexibility index (Phi) is 3.97. The summed E-state index contributed by atoms with van der Waals surface area (Å²) >= 11 is 4.86. The Hall–Kier alpha value is -1.01. The van der Waals surface area contributed by atoms with Crippen LogP contribution < -0.4 is 5.32 Å². The predicted molar refractivity (Wildman–Crippen MR) is 70.4 cm³/mol. The van der Waals surface area contributed by atoms with Crippen LogP contribution in [0.25, 0.3) is 0 Å². The first-order chi connectivity index (χ1) is 8.50. The summed E-state index contributed by atoms with van der Waals surface area (Å²) in [5, 5.41) is 4.71. The van der Waals surface area contributed by atoms with Gasteiger partial charge in [-0.2, -0.15) is 0 Å². The van der Waals surface area contributed by atoms with Crippen molar-refractivity contribution in [2.24, 2.45) is 0 Å². The molecule has 1 N–H and O–H groups in total. The van der Waals surface area contributed by atoms with Crippen LogP contribution in [0.4, 0.5) is 18.9 Å². The number of halogens is 4. The van der Waals surface area contributed by atoms with E-state index in [1.165, 1.54) is 17.4 Å². The third-order valence-electron chi connectivity index (χ3n) is 2.45. The Morgan fingerprint density at radius 3 is 2.50 bits per heavy atom. The molecule has 2 rings (SSSR count). The monoisotopic (exact) mass is 335 g/mol. The van der Waals surface area contributed by atoms with Gasteiger partial charge in [-0.05, 0) is 46.4 Å². The summed E-state index contributed by atoms with van der Waals surface area (Å²) in [6, 6.07) is 3.75. The highest BCUT2D eigenvalue weighted by atomic mass is 79.9. The third-order valence-corrected chi connectivity index (χ3v) is 4.50. The summed E-state index contributed by atoms with van der Waals surface area (Å²) in [7, 11) is 0. The zero-order valence-electron chi connectivity index (χ0n) is 9.31. The van der Waals surface area contributed by atoms with Crippen molar-refractivity contribution in [3.8, 4) is 0 Å². The number of benzene rings is 1. The highest BCUT2D eigenvalue weighted by Gasteiger charge is 2.17. The van der Waals surface area contributed by atoms with Crippen molar-refractivity contribution in [3.63, 3.8) is 0 Å². The first kappa shape index (κ1) is 13.4. The maximum Gasteiger partial charge on any atom is 0.196 e. The fraction of sp³-hybridized carbons (Fsp3) is 0.167. The van der Waals surface area contributed by atoms with Gasteiger partial charge in [-0.3, -0.25) is 0 Å². The Bertz CT molecular complexity index is 570. The second kappa shape index (κ2) is 5.32. The minimum absolute atomic E-state index is 0.0540. The molecule has 1 aromatic heterocycles. The summed E-state index contributed by atoms with van der Waals surface area (Å²) in [6.07, 6.45) is 0. The highest BCUT2D eigenvalue weighted by Crippen LogP contribution is 2.32. The molecule has 0 saturated carbocycles. The molecule has 1 nitrogen and oxygen atoms in total. The van der Waals surface area contributed by atoms with Crippen LogP contribution in [-0.2, 0) is 0 Å². The van der Waals surface area contributed by atoms with Crippen molar-refractivity contribution >= 4 is 33.0 Å². The maximum absolute atomic E-state index is 13.5. The second-order valence-corrected chi connectivity index (χ2v) is 5.52. The zero-order chi connectivity index (χ0) is 13.3. The lowest BCUT2D eigenvalue weighted by molar-refractivity contribution is 0.448. The predicted octanol–water partition coefficient (Wildman–Crippen LogP) is 5.10. The molecular formula is C12H9BrF3NS. The normalized spacial score (nSPS) is 12.5. The Balaban J connectivity index is 2.25. The highest BCUT2D eigenvalue weighted by molar-refractivity contribution is 9.10. The van der Waals surface area contributed by atoms with E-state index in [1.54, 1.807) is 0 Å². The van der Waals surface area contributed by atoms with E-state index >= 15 is 0 Å². The molecule has 0 saturated heterocycles. The minimum Gasteiger partial charge on any atom is -0.375 e. The van der Waals surface area contributed by atoms with Crippen LogP contribution >= 0.6 is 27.3 Å². The van der Waals surface area contributed by atoms with Crippen LogP contribution in [0.5, 0.6) is 0 Å². The van der Waals surface area contributed by atoms with E-state index in [1.807, 2.05) is 18.4 Å². The van der Waals surface area contributed by atoms with Crippen LogP contribution in [-0.4, -0.2) is 0 Å². The molecule has 1 heterocycles. The molecule has 0 amide bonds. The van der Waals surface area contributed by atoms with Crippen molar-refractivity contribution in [2.75, 3.05) is 5.32 Å². The third kappa shape index (κ3) is 2.54. The van der Waals surface area contributed by atoms with Gasteiger partial charge in [-0.15, -0.1) is 11.3 Å². The van der Waals surface area contributed by atoms with Crippen molar-refractivity contribution in [2.45, 2.75) is 13.0 Å². The largest absolute Gasteiger partial charge is 0.375 e. The molecule has 0 fully saturated rings. The molecule has 6 heteroatoms. The van der Waals surface area contributed by atoms with Crippen LogP contribution in [0.2, 0.25) is 0 Å². The Morgan fingerprint density at radius 2 is 1.89 bits per heavy atom. The fourth-order valence-corrected chi connectivity index (χ4v) is 3.28. The number of hydrogen-bond donors (Lipinski definition) is 1. The molecule has 0 aliphatic carbocycles. The van der Waals surface area contributed by atoms with E-state index in [0.717, 1.165) is 15.4 Å². The smallest absolute Gasteiger partial charge is 0.196 e. The van der Waals surface area contributed by atoms with E-state index in [4.69, 9.17) is 0 Å². The first-order valence-electron chi connectivity index (χ1n) is 5.13. The quantitative estimate of drug-likeness (QED) is 0.769. The van der Waals surface area contributed by atoms with Gasteiger partial charge in [-0.1, -0.05) is 0 Å². The van der Waals surface area contributed by atoms with E-state index in [0.29, 0.717) is 0 Å². The van der Waals surface area contributed by atoms with Gasteiger partial charge >= 0.3 is 0 Å². The van der Waals surface area contributed by atoms with Gasteiger partial charge < -0.3 is 5.32 Å². The molecule has 0 spiro atoms. The molecule has 0 radical (unpaired) electrons. The average molecular weight is 336 g/mol. The number of nitrogens with one attached hydrogen (secondary N) is 1. The molecule has 18 heavy (non-hydrogen) atoms. The molecule has 2 aromatic rings. The van der Waals surface area contributed by atoms with Gasteiger partial charge in [-0.25, -0.2) is 13.2 Å². The summed E-state index contributed by atoms with van der Waals surface area (Å²) < 4.78 is 40.2. The molecule has 96 valence electrons. The molecule has 0 bridgehead atoms. The van der Waals surface area contributed by atoms with E-state index in [9.17, 15) is 13.2 Å². The van der Waals surface area contributed by atoms with Crippen LogP contribution in [0.3, 0.4) is 0 Å². The van der Waals surface area contributed by atoms with Crippen LogP contribution in [0.15, 0.2) is 28.1 Å². The molecule has 1 unspecified atom stereocenters. The lowest BCUT2D eigenvalue weighted by Gasteiger charge is -2.15. The van der Waals surface area contributed by atoms with E-state index < -0.39 is 17.5 Å². The minimum atomic E-state index is -1.46. The van der Waals surface area contributed by atoms with Crippen molar-refractivity contribution in [1.29, 1.82) is 0 Å². The van der Waals surface area contributed by atoms with Gasteiger partial charge in [0, 0.05) is 9.35 Å². The number of rotatable bonds is 3. The topological polar surface area (TPSA) is 12.0 Å². The maximum atomic E-state index is 13.5. The van der Waals surface area contributed by atoms with Crippen LogP contribution in [0.1, 0.15) is 17.8 Å². The molecule has 0 aliphatic heterocycles. The molecule has 1 atom stereocenters.